The first-order valence-electron chi connectivity index (χ1n) is 31.3. The summed E-state index contributed by atoms with van der Waals surface area (Å²) in [4.78, 5) is 17.4. The number of aliphatic hydroxyl groups excluding tert-OH is 18. The summed E-state index contributed by atoms with van der Waals surface area (Å²) in [5, 5.41) is 195. The highest BCUT2D eigenvalue weighted by Gasteiger charge is 2.49. The maximum atomic E-state index is 12.7. The molecule has 3 aromatic heterocycles. The number of ether oxygens (including phenoxy) is 8. The largest absolute Gasteiger partial charge is 0.462 e. The number of aromatic nitrogens is 4. The van der Waals surface area contributed by atoms with Gasteiger partial charge >= 0.3 is 0 Å². The second kappa shape index (κ2) is 28.4. The monoisotopic (exact) mass is 1360 g/mol. The Balaban J connectivity index is 1.06. The highest BCUT2D eigenvalue weighted by atomic mass is 16.7. The molecule has 98 heavy (non-hydrogen) atoms. The van der Waals surface area contributed by atoms with Crippen molar-refractivity contribution in [2.24, 2.45) is 0 Å². The summed E-state index contributed by atoms with van der Waals surface area (Å²) < 4.78 is 47.4. The lowest BCUT2D eigenvalue weighted by Crippen LogP contribution is -2.60. The van der Waals surface area contributed by atoms with Crippen LogP contribution >= 0.6 is 0 Å². The third-order valence-electron chi connectivity index (χ3n) is 18.1. The van der Waals surface area contributed by atoms with Crippen molar-refractivity contribution >= 4 is 34.2 Å². The van der Waals surface area contributed by atoms with Gasteiger partial charge < -0.3 is 140 Å². The predicted octanol–water partition coefficient (Wildman–Crippen LogP) is -1.36. The number of hydrogen-bond acceptors (Lipinski definition) is 28. The van der Waals surface area contributed by atoms with Crippen LogP contribution in [0.2, 0.25) is 0 Å². The van der Waals surface area contributed by atoms with Crippen molar-refractivity contribution < 1.29 is 130 Å². The van der Waals surface area contributed by atoms with Crippen LogP contribution in [0, 0.1) is 0 Å². The number of aliphatic hydroxyl groups is 18. The Hall–Kier alpha value is -7.94. The molecule has 6 aliphatic heterocycles. The first kappa shape index (κ1) is 68.6. The number of benzene rings is 4. The van der Waals surface area contributed by atoms with Gasteiger partial charge in [-0.05, 0) is 107 Å². The Morgan fingerprint density at radius 2 is 0.561 bits per heavy atom. The van der Waals surface area contributed by atoms with Crippen LogP contribution in [-0.2, 0) is 18.9 Å². The summed E-state index contributed by atoms with van der Waals surface area (Å²) >= 11 is 0. The smallest absolute Gasteiger partial charge is 0.229 e. The van der Waals surface area contributed by atoms with Crippen molar-refractivity contribution in [2.45, 2.75) is 135 Å². The average molecular weight is 1360 g/mol. The van der Waals surface area contributed by atoms with Crippen LogP contribution in [0.4, 0.5) is 0 Å². The molecule has 4 saturated heterocycles. The number of hydrogen-bond donors (Lipinski definition) is 20. The van der Waals surface area contributed by atoms with E-state index in [-0.39, 0.29) is 67.7 Å². The lowest BCUT2D eigenvalue weighted by molar-refractivity contribution is -0.277. The third-order valence-corrected chi connectivity index (χ3v) is 18.1. The van der Waals surface area contributed by atoms with Crippen LogP contribution in [0.5, 0.6) is 23.0 Å². The highest BCUT2D eigenvalue weighted by molar-refractivity contribution is 5.98. The van der Waals surface area contributed by atoms with Crippen molar-refractivity contribution in [2.75, 3.05) is 26.4 Å². The Labute approximate surface area is 555 Å². The molecule has 20 N–H and O–H groups in total. The molecular weight excluding hydrogens is 1290 g/mol. The summed E-state index contributed by atoms with van der Waals surface area (Å²) in [5.74, 6) is 0.172. The third kappa shape index (κ3) is 12.9. The maximum Gasteiger partial charge on any atom is 0.229 e. The molecule has 0 amide bonds. The van der Waals surface area contributed by atoms with E-state index in [2.05, 4.69) is 9.97 Å². The first-order valence-corrected chi connectivity index (χ1v) is 31.3. The summed E-state index contributed by atoms with van der Waals surface area (Å²) in [7, 11) is 0. The fourth-order valence-corrected chi connectivity index (χ4v) is 12.8. The summed E-state index contributed by atoms with van der Waals surface area (Å²) in [5.41, 5.74) is 3.86. The van der Waals surface area contributed by atoms with Crippen LogP contribution in [0.3, 0.4) is 0 Å². The molecule has 22 atom stereocenters. The van der Waals surface area contributed by atoms with Crippen LogP contribution in [0.15, 0.2) is 121 Å². The molecule has 0 aliphatic carbocycles. The fraction of sp³-hybridized carbons (Fsp3) is 0.382. The Bertz CT molecular complexity index is 3960. The zero-order valence-electron chi connectivity index (χ0n) is 51.4. The van der Waals surface area contributed by atoms with E-state index in [1.54, 1.807) is 97.1 Å². The molecule has 8 bridgehead atoms. The van der Waals surface area contributed by atoms with Gasteiger partial charge in [-0.2, -0.15) is 0 Å². The van der Waals surface area contributed by atoms with E-state index in [0.717, 1.165) is 0 Å². The number of fused-ring (bicyclic) bond motifs is 8. The molecule has 30 nitrogen and oxygen atoms in total. The van der Waals surface area contributed by atoms with E-state index in [9.17, 15) is 91.9 Å². The number of aromatic amines is 2. The van der Waals surface area contributed by atoms with Gasteiger partial charge in [0.05, 0.1) is 49.2 Å². The standard InChI is InChI=1S/C68H72N4O26/c73-23-41-51(77)57(83)61(87)65(95-41)91-31-9-1-5-27(19-31)45-35-13-14-36(69-35)46(28-6-2-10-32(20-28)92-66-62(88)58(84)52(78)42(24-74)96-66)38-16-18-40(71-38)48(30-8-4-12-34(22-30)94-68-64(90)60(86)54(80)44(26-76)98-68)50-56(82)55(81)49(72-50)47(39-17-15-37(45)70-39)29-7-3-11-33(21-29)93-67-63(89)59(85)53(79)43(25-75)97-67/h1-22,41-44,51-68,70-71,73-90H,23-26H2/t41?,42?,43-,44?,51-,52-,53?,54-,55?,56?,57?,58?,59?,60?,61?,62?,63-,64?,65-,66-,67?,68-/m1/s1. The van der Waals surface area contributed by atoms with Gasteiger partial charge in [-0.15, -0.1) is 0 Å². The fourth-order valence-electron chi connectivity index (χ4n) is 12.8. The minimum atomic E-state index is -1.86. The minimum absolute atomic E-state index is 0.00786. The molecule has 0 saturated carbocycles. The van der Waals surface area contributed by atoms with Crippen LogP contribution < -0.4 is 18.9 Å². The van der Waals surface area contributed by atoms with E-state index >= 15 is 0 Å². The predicted molar refractivity (Wildman–Crippen MR) is 339 cm³/mol. The quantitative estimate of drug-likeness (QED) is 0.0531. The molecule has 0 spiro atoms. The summed E-state index contributed by atoms with van der Waals surface area (Å²) in [6.45, 7) is -2.94. The zero-order valence-corrected chi connectivity index (χ0v) is 51.4. The van der Waals surface area contributed by atoms with Crippen molar-refractivity contribution in [1.29, 1.82) is 0 Å². The Kier molecular flexibility index (Phi) is 19.8. The van der Waals surface area contributed by atoms with Crippen LogP contribution in [0.1, 0.15) is 35.0 Å². The molecular formula is C68H72N4O26. The van der Waals surface area contributed by atoms with Gasteiger partial charge in [-0.3, -0.25) is 4.98 Å². The van der Waals surface area contributed by atoms with Crippen molar-refractivity contribution in [1.82, 2.24) is 19.9 Å². The van der Waals surface area contributed by atoms with Gasteiger partial charge in [0, 0.05) is 44.3 Å². The Morgan fingerprint density at radius 1 is 0.306 bits per heavy atom. The van der Waals surface area contributed by atoms with E-state index in [4.69, 9.17) is 47.9 Å². The van der Waals surface area contributed by atoms with Gasteiger partial charge in [0.25, 0.3) is 0 Å². The van der Waals surface area contributed by atoms with E-state index in [1.807, 2.05) is 0 Å². The van der Waals surface area contributed by atoms with Crippen molar-refractivity contribution in [3.63, 3.8) is 0 Å². The molecule has 9 heterocycles. The molecule has 0 radical (unpaired) electrons. The summed E-state index contributed by atoms with van der Waals surface area (Å²) in [6, 6.07) is 32.0. The molecule has 4 fully saturated rings. The van der Waals surface area contributed by atoms with Crippen LogP contribution in [-0.4, -0.2) is 261 Å². The average Bonchev–Trinajstić information content (AvgIpc) is 1.59. The second-order valence-electron chi connectivity index (χ2n) is 24.4. The van der Waals surface area contributed by atoms with Gasteiger partial charge in [-0.1, -0.05) is 48.5 Å². The van der Waals surface area contributed by atoms with Gasteiger partial charge in [0.15, 0.2) is 0 Å². The van der Waals surface area contributed by atoms with Crippen LogP contribution in [0.25, 0.3) is 78.7 Å². The summed E-state index contributed by atoms with van der Waals surface area (Å²) in [6.07, 6.45) is -33.1. The van der Waals surface area contributed by atoms with Crippen molar-refractivity contribution in [3.05, 3.63) is 144 Å². The number of H-pyrrole nitrogens is 2. The van der Waals surface area contributed by atoms with E-state index < -0.39 is 161 Å². The molecule has 4 aromatic carbocycles. The SMILES string of the molecule is OCC1O[C@@H](Oc2cccc(-c3c4nc(c(-c5cccc(O[C@@H]6OC(CO)[C@@H](O)C(O)C6O)c5)c5ccc([nH]5)c(-c5cccc(O[C@@H]6OC(CO)[C@@H](O)C(O)C6O)c5)c5nc(c(-c6cccc(OC7O[C@H](CO)C(O)C(O)[C@H]7O)c6)c6ccc3[nH]6)C(O)C5O)C=C4)c2)C(O)C(O)[C@@H]1O. The van der Waals surface area contributed by atoms with Gasteiger partial charge in [0.1, 0.15) is 133 Å². The van der Waals surface area contributed by atoms with E-state index in [1.165, 1.54) is 36.4 Å². The molecule has 13 rings (SSSR count). The number of nitrogens with zero attached hydrogens (tertiary/aromatic N) is 2. The van der Waals surface area contributed by atoms with Gasteiger partial charge in [0.2, 0.25) is 25.2 Å². The zero-order chi connectivity index (χ0) is 69.1. The normalized spacial score (nSPS) is 32.6. The lowest BCUT2D eigenvalue weighted by Gasteiger charge is -2.39. The Morgan fingerprint density at radius 3 is 0.827 bits per heavy atom. The van der Waals surface area contributed by atoms with Crippen molar-refractivity contribution in [3.8, 4) is 67.5 Å². The topological polar surface area (TPSA) is 495 Å². The maximum absolute atomic E-state index is 12.7. The molecule has 30 heteroatoms. The highest BCUT2D eigenvalue weighted by Crippen LogP contribution is 2.46. The first-order chi connectivity index (χ1) is 47.2. The number of nitrogens with one attached hydrogen (secondary N) is 2. The second-order valence-corrected chi connectivity index (χ2v) is 24.4. The molecule has 7 aromatic rings. The van der Waals surface area contributed by atoms with Gasteiger partial charge in [-0.25, -0.2) is 4.98 Å². The minimum Gasteiger partial charge on any atom is -0.462 e. The number of rotatable bonds is 16. The molecule has 14 unspecified atom stereocenters. The lowest BCUT2D eigenvalue weighted by atomic mass is 9.97. The van der Waals surface area contributed by atoms with E-state index in [0.29, 0.717) is 44.7 Å². The molecule has 6 aliphatic rings. The molecule has 520 valence electrons.